The van der Waals surface area contributed by atoms with E-state index < -0.39 is 34.3 Å². The third kappa shape index (κ3) is 8.67. The zero-order chi connectivity index (χ0) is 31.5. The number of nitrogens with one attached hydrogen (secondary N) is 1. The Morgan fingerprint density at radius 3 is 2.14 bits per heavy atom. The molecule has 1 N–H and O–H groups in total. The molecular formula is C34H35ClFN3O4S. The summed E-state index contributed by atoms with van der Waals surface area (Å²) in [6.45, 7) is 1.87. The summed E-state index contributed by atoms with van der Waals surface area (Å²) in [5, 5.41) is 3.42. The first-order chi connectivity index (χ1) is 21.2. The van der Waals surface area contributed by atoms with Crippen molar-refractivity contribution in [3.63, 3.8) is 0 Å². The minimum absolute atomic E-state index is 0.0112. The van der Waals surface area contributed by atoms with E-state index >= 15 is 0 Å². The molecule has 0 aliphatic rings. The molecule has 4 aromatic carbocycles. The Morgan fingerprint density at radius 2 is 1.50 bits per heavy atom. The number of unbranched alkanes of at least 4 members (excludes halogenated alkanes) is 1. The minimum atomic E-state index is -4.30. The van der Waals surface area contributed by atoms with Crippen LogP contribution in [-0.2, 0) is 32.6 Å². The van der Waals surface area contributed by atoms with Crippen molar-refractivity contribution in [1.82, 2.24) is 10.2 Å². The van der Waals surface area contributed by atoms with E-state index in [0.717, 1.165) is 47.0 Å². The minimum Gasteiger partial charge on any atom is -0.354 e. The normalized spacial score (nSPS) is 11.9. The van der Waals surface area contributed by atoms with Crippen LogP contribution in [0.25, 0.3) is 0 Å². The quantitative estimate of drug-likeness (QED) is 0.166. The number of hydrogen-bond acceptors (Lipinski definition) is 4. The zero-order valence-electron chi connectivity index (χ0n) is 24.4. The first kappa shape index (κ1) is 32.7. The fourth-order valence-corrected chi connectivity index (χ4v) is 6.38. The molecule has 0 spiro atoms. The van der Waals surface area contributed by atoms with Gasteiger partial charge in [0.2, 0.25) is 11.8 Å². The Kier molecular flexibility index (Phi) is 11.5. The van der Waals surface area contributed by atoms with Crippen LogP contribution in [0.2, 0.25) is 5.02 Å². The molecular weight excluding hydrogens is 601 g/mol. The fourth-order valence-electron chi connectivity index (χ4n) is 4.75. The molecule has 0 saturated heterocycles. The van der Waals surface area contributed by atoms with E-state index in [1.54, 1.807) is 54.6 Å². The lowest BCUT2D eigenvalue weighted by Gasteiger charge is -2.34. The molecule has 1 atom stereocenters. The Balaban J connectivity index is 1.77. The molecule has 44 heavy (non-hydrogen) atoms. The van der Waals surface area contributed by atoms with Crippen molar-refractivity contribution < 1.29 is 22.4 Å². The van der Waals surface area contributed by atoms with Gasteiger partial charge >= 0.3 is 0 Å². The summed E-state index contributed by atoms with van der Waals surface area (Å²) >= 11 is 6.27. The predicted molar refractivity (Wildman–Crippen MR) is 171 cm³/mol. The van der Waals surface area contributed by atoms with Gasteiger partial charge in [-0.25, -0.2) is 12.8 Å². The van der Waals surface area contributed by atoms with Crippen molar-refractivity contribution in [2.24, 2.45) is 0 Å². The lowest BCUT2D eigenvalue weighted by atomic mass is 10.0. The topological polar surface area (TPSA) is 86.8 Å². The van der Waals surface area contributed by atoms with Crippen molar-refractivity contribution in [3.8, 4) is 0 Å². The number of carbonyl (C=O) groups excluding carboxylic acids is 2. The molecule has 4 rings (SSSR count). The highest BCUT2D eigenvalue weighted by molar-refractivity contribution is 7.92. The average molecular weight is 636 g/mol. The molecule has 0 bridgehead atoms. The van der Waals surface area contributed by atoms with Gasteiger partial charge in [-0.05, 0) is 66.1 Å². The van der Waals surface area contributed by atoms with Crippen LogP contribution in [0.15, 0.2) is 114 Å². The van der Waals surface area contributed by atoms with E-state index in [0.29, 0.717) is 17.1 Å². The molecule has 0 aliphatic heterocycles. The summed E-state index contributed by atoms with van der Waals surface area (Å²) < 4.78 is 42.5. The van der Waals surface area contributed by atoms with Crippen LogP contribution in [0.3, 0.4) is 0 Å². The number of benzene rings is 4. The van der Waals surface area contributed by atoms with Gasteiger partial charge in [0.15, 0.2) is 0 Å². The molecule has 1 unspecified atom stereocenters. The van der Waals surface area contributed by atoms with Crippen LogP contribution < -0.4 is 9.62 Å². The number of anilines is 1. The van der Waals surface area contributed by atoms with Gasteiger partial charge in [-0.2, -0.15) is 0 Å². The summed E-state index contributed by atoms with van der Waals surface area (Å²) in [6, 6.07) is 28.0. The highest BCUT2D eigenvalue weighted by Gasteiger charge is 2.34. The first-order valence-electron chi connectivity index (χ1n) is 14.4. The molecule has 0 aliphatic carbocycles. The predicted octanol–water partition coefficient (Wildman–Crippen LogP) is 6.23. The lowest BCUT2D eigenvalue weighted by molar-refractivity contribution is -0.140. The molecule has 2 amide bonds. The lowest BCUT2D eigenvalue weighted by Crippen LogP contribution is -2.53. The Bertz CT molecular complexity index is 1640. The van der Waals surface area contributed by atoms with Crippen molar-refractivity contribution in [2.45, 2.75) is 43.7 Å². The van der Waals surface area contributed by atoms with E-state index in [-0.39, 0.29) is 29.5 Å². The second kappa shape index (κ2) is 15.5. The number of carbonyl (C=O) groups is 2. The molecule has 0 fully saturated rings. The van der Waals surface area contributed by atoms with Gasteiger partial charge in [0.25, 0.3) is 10.0 Å². The van der Waals surface area contributed by atoms with E-state index in [2.05, 4.69) is 5.32 Å². The van der Waals surface area contributed by atoms with Gasteiger partial charge in [-0.15, -0.1) is 0 Å². The van der Waals surface area contributed by atoms with E-state index in [1.807, 2.05) is 37.3 Å². The van der Waals surface area contributed by atoms with E-state index in [9.17, 15) is 22.4 Å². The molecule has 10 heteroatoms. The van der Waals surface area contributed by atoms with Crippen LogP contribution in [0.4, 0.5) is 10.1 Å². The Hall–Kier alpha value is -4.21. The number of sulfonamides is 1. The molecule has 0 aromatic heterocycles. The summed E-state index contributed by atoms with van der Waals surface area (Å²) in [6.07, 6.45) is 1.85. The second-order valence-corrected chi connectivity index (χ2v) is 12.6. The Labute approximate surface area is 263 Å². The third-order valence-electron chi connectivity index (χ3n) is 7.07. The van der Waals surface area contributed by atoms with Gasteiger partial charge in [-0.3, -0.25) is 13.9 Å². The van der Waals surface area contributed by atoms with Crippen molar-refractivity contribution in [1.29, 1.82) is 0 Å². The summed E-state index contributed by atoms with van der Waals surface area (Å²) in [5.74, 6) is -1.52. The summed E-state index contributed by atoms with van der Waals surface area (Å²) in [7, 11) is -4.30. The first-order valence-corrected chi connectivity index (χ1v) is 16.2. The molecule has 0 radical (unpaired) electrons. The molecule has 4 aromatic rings. The molecule has 0 heterocycles. The van der Waals surface area contributed by atoms with Gasteiger partial charge in [0.1, 0.15) is 18.4 Å². The number of amides is 2. The maximum Gasteiger partial charge on any atom is 0.264 e. The van der Waals surface area contributed by atoms with Crippen LogP contribution in [0.1, 0.15) is 30.9 Å². The van der Waals surface area contributed by atoms with Crippen LogP contribution in [0.5, 0.6) is 0 Å². The number of halogens is 2. The smallest absolute Gasteiger partial charge is 0.264 e. The molecule has 230 valence electrons. The second-order valence-electron chi connectivity index (χ2n) is 10.3. The van der Waals surface area contributed by atoms with Crippen LogP contribution >= 0.6 is 11.6 Å². The number of nitrogens with zero attached hydrogens (tertiary/aromatic N) is 2. The van der Waals surface area contributed by atoms with Gasteiger partial charge in [-0.1, -0.05) is 85.6 Å². The fraction of sp³-hybridized carbons (Fsp3) is 0.235. The van der Waals surface area contributed by atoms with Gasteiger partial charge in [0, 0.05) is 24.5 Å². The highest BCUT2D eigenvalue weighted by Crippen LogP contribution is 2.25. The molecule has 0 saturated carbocycles. The van der Waals surface area contributed by atoms with E-state index in [1.165, 1.54) is 4.90 Å². The zero-order valence-corrected chi connectivity index (χ0v) is 26.0. The number of para-hydroxylation sites is 1. The maximum absolute atomic E-state index is 14.4. The number of rotatable bonds is 14. The highest BCUT2D eigenvalue weighted by atomic mass is 35.5. The SMILES string of the molecule is CCCCNC(=O)C(Cc1ccccc1)N(Cc1cccc(Cl)c1)C(=O)CN(c1ccccc1)S(=O)(=O)c1ccc(F)cc1. The Morgan fingerprint density at radius 1 is 0.864 bits per heavy atom. The monoisotopic (exact) mass is 635 g/mol. The number of hydrogen-bond donors (Lipinski definition) is 1. The van der Waals surface area contributed by atoms with Gasteiger partial charge in [0.05, 0.1) is 10.6 Å². The van der Waals surface area contributed by atoms with Gasteiger partial charge < -0.3 is 10.2 Å². The third-order valence-corrected chi connectivity index (χ3v) is 9.09. The molecule has 7 nitrogen and oxygen atoms in total. The maximum atomic E-state index is 14.4. The van der Waals surface area contributed by atoms with Crippen molar-refractivity contribution >= 4 is 39.1 Å². The van der Waals surface area contributed by atoms with E-state index in [4.69, 9.17) is 11.6 Å². The van der Waals surface area contributed by atoms with Crippen molar-refractivity contribution in [3.05, 3.63) is 131 Å². The standard InChI is InChI=1S/C34H35ClFN3O4S/c1-2-3-21-37-34(41)32(23-26-11-6-4-7-12-26)38(24-27-13-10-14-28(35)22-27)33(40)25-39(30-15-8-5-9-16-30)44(42,43)31-19-17-29(36)18-20-31/h4-20,22,32H,2-3,21,23-25H2,1H3,(H,37,41). The summed E-state index contributed by atoms with van der Waals surface area (Å²) in [4.78, 5) is 29.3. The average Bonchev–Trinajstić information content (AvgIpc) is 3.02. The largest absolute Gasteiger partial charge is 0.354 e. The van der Waals surface area contributed by atoms with Crippen LogP contribution in [0, 0.1) is 5.82 Å². The summed E-state index contributed by atoms with van der Waals surface area (Å²) in [5.41, 5.74) is 1.77. The van der Waals surface area contributed by atoms with Crippen molar-refractivity contribution in [2.75, 3.05) is 17.4 Å². The van der Waals surface area contributed by atoms with Crippen LogP contribution in [-0.4, -0.2) is 44.3 Å².